The van der Waals surface area contributed by atoms with Gasteiger partial charge in [0.15, 0.2) is 0 Å². The third-order valence-electron chi connectivity index (χ3n) is 21.4. The lowest BCUT2D eigenvalue weighted by atomic mass is 9.94. The monoisotopic (exact) mass is 1520 g/mol. The van der Waals surface area contributed by atoms with Crippen molar-refractivity contribution in [3.05, 3.63) is 177 Å². The lowest BCUT2D eigenvalue weighted by Gasteiger charge is -2.33. The van der Waals surface area contributed by atoms with Crippen LogP contribution in [0.5, 0.6) is 0 Å². The van der Waals surface area contributed by atoms with Crippen LogP contribution in [0.1, 0.15) is 96.3 Å². The maximum absolute atomic E-state index is 12.6. The first-order valence-electron chi connectivity index (χ1n) is 37.4. The average molecular weight is 1520 g/mol. The molecule has 3 saturated heterocycles. The Hall–Kier alpha value is -7.38. The fourth-order valence-electron chi connectivity index (χ4n) is 15.8. The van der Waals surface area contributed by atoms with Crippen LogP contribution in [0.4, 0.5) is 34.1 Å². The fourth-order valence-corrected chi connectivity index (χ4v) is 23.0. The Labute approximate surface area is 639 Å². The van der Waals surface area contributed by atoms with Crippen molar-refractivity contribution in [2.75, 3.05) is 116 Å². The van der Waals surface area contributed by atoms with Crippen LogP contribution in [-0.4, -0.2) is 125 Å². The van der Waals surface area contributed by atoms with Gasteiger partial charge >= 0.3 is 0 Å². The molecule has 9 aliphatic rings. The number of carbonyl (C=O) groups excluding carboxylic acids is 1. The lowest BCUT2D eigenvalue weighted by molar-refractivity contribution is -0.108. The summed E-state index contributed by atoms with van der Waals surface area (Å²) >= 11 is 10.7. The minimum Gasteiger partial charge on any atom is -0.382 e. The predicted octanol–water partition coefficient (Wildman–Crippen LogP) is 18.3. The summed E-state index contributed by atoms with van der Waals surface area (Å²) in [4.78, 5) is 84.8. The van der Waals surface area contributed by atoms with Gasteiger partial charge in [-0.25, -0.2) is 0 Å². The van der Waals surface area contributed by atoms with Crippen molar-refractivity contribution in [3.63, 3.8) is 0 Å². The molecular weight excluding hydrogens is 1430 g/mol. The number of nitrogens with zero attached hydrogens (tertiary/aromatic N) is 5. The van der Waals surface area contributed by atoms with Crippen LogP contribution in [0.2, 0.25) is 0 Å². The van der Waals surface area contributed by atoms with Gasteiger partial charge in [0.2, 0.25) is 23.1 Å². The first kappa shape index (κ1) is 71.9. The highest BCUT2D eigenvalue weighted by Gasteiger charge is 2.30. The molecule has 6 aliphatic heterocycles. The molecular formula is C83H89N9O7S6. The van der Waals surface area contributed by atoms with E-state index in [1.165, 1.54) is 144 Å². The van der Waals surface area contributed by atoms with Crippen molar-refractivity contribution in [1.29, 1.82) is 0 Å². The Morgan fingerprint density at radius 2 is 0.762 bits per heavy atom. The SMILES string of the molecule is CN(c1ccc2c(c1)Sc1cccc(-c3cc(N4CCOCC4)cc(=O)[nH]3)c1S2)C1CCCCC1.O=CN(c1ccc2c(c1)Sc1cccc(-c3cc(N4CCOCC4)cc(=O)[nH]3)c1S2)C1CCCCC1.O=c1cc(N2CCOCC2)cc(-c2cccc3c2Sc2ccc(NC4CCCCC4)cc2S3)[nH]1. The van der Waals surface area contributed by atoms with E-state index in [9.17, 15) is 19.2 Å². The van der Waals surface area contributed by atoms with Gasteiger partial charge in [-0.05, 0) is 130 Å². The number of carbonyl (C=O) groups is 1. The summed E-state index contributed by atoms with van der Waals surface area (Å²) in [6.45, 7) is 8.96. The maximum atomic E-state index is 12.6. The molecule has 3 saturated carbocycles. The van der Waals surface area contributed by atoms with Gasteiger partial charge < -0.3 is 59.0 Å². The number of hydrogen-bond acceptors (Lipinski definition) is 18. The number of rotatable bonds is 13. The molecule has 1 amide bonds. The van der Waals surface area contributed by atoms with E-state index < -0.39 is 0 Å². The summed E-state index contributed by atoms with van der Waals surface area (Å²) in [6.07, 6.45) is 20.0. The largest absolute Gasteiger partial charge is 0.382 e. The van der Waals surface area contributed by atoms with E-state index >= 15 is 0 Å². The Kier molecular flexibility index (Phi) is 22.9. The van der Waals surface area contributed by atoms with Crippen molar-refractivity contribution in [2.24, 2.45) is 0 Å². The zero-order valence-electron chi connectivity index (χ0n) is 59.3. The predicted molar refractivity (Wildman–Crippen MR) is 432 cm³/mol. The molecule has 0 spiro atoms. The van der Waals surface area contributed by atoms with Gasteiger partial charge in [-0.15, -0.1) is 0 Å². The van der Waals surface area contributed by atoms with Crippen LogP contribution in [0.3, 0.4) is 0 Å². The molecule has 0 bridgehead atoms. The van der Waals surface area contributed by atoms with Crippen LogP contribution < -0.4 is 46.5 Å². The van der Waals surface area contributed by atoms with Crippen LogP contribution in [0.15, 0.2) is 219 Å². The number of amides is 1. The molecule has 3 aliphatic carbocycles. The number of ether oxygens (including phenoxy) is 3. The van der Waals surface area contributed by atoms with Crippen LogP contribution in [-0.2, 0) is 19.0 Å². The second-order valence-corrected chi connectivity index (χ2v) is 34.7. The second-order valence-electron chi connectivity index (χ2n) is 28.3. The van der Waals surface area contributed by atoms with E-state index in [1.54, 1.807) is 53.5 Å². The van der Waals surface area contributed by atoms with Gasteiger partial charge in [0, 0.05) is 192 Å². The van der Waals surface area contributed by atoms with Crippen LogP contribution in [0, 0.1) is 0 Å². The highest BCUT2D eigenvalue weighted by Crippen LogP contribution is 2.56. The highest BCUT2D eigenvalue weighted by atomic mass is 32.2. The zero-order valence-corrected chi connectivity index (χ0v) is 64.2. The molecule has 3 aromatic heterocycles. The number of hydrogen-bond donors (Lipinski definition) is 4. The van der Waals surface area contributed by atoms with E-state index in [1.807, 2.05) is 40.2 Å². The molecule has 6 aromatic carbocycles. The fraction of sp³-hybridized carbons (Fsp3) is 0.373. The van der Waals surface area contributed by atoms with E-state index in [2.05, 4.69) is 174 Å². The topological polar surface area (TPSA) is 172 Å². The third kappa shape index (κ3) is 16.7. The number of aromatic nitrogens is 3. The number of fused-ring (bicyclic) bond motifs is 6. The van der Waals surface area contributed by atoms with Crippen molar-refractivity contribution >= 4 is 111 Å². The molecule has 18 rings (SSSR count). The average Bonchev–Trinajstić information content (AvgIpc) is 0.776. The van der Waals surface area contributed by atoms with Crippen molar-refractivity contribution in [2.45, 2.75) is 173 Å². The van der Waals surface area contributed by atoms with Gasteiger partial charge in [-0.3, -0.25) is 19.2 Å². The maximum Gasteiger partial charge on any atom is 0.250 e. The number of morpholine rings is 3. The first-order chi connectivity index (χ1) is 51.6. The molecule has 105 heavy (non-hydrogen) atoms. The first-order valence-corrected chi connectivity index (χ1v) is 42.3. The molecule has 0 atom stereocenters. The molecule has 16 nitrogen and oxygen atoms in total. The number of anilines is 6. The van der Waals surface area contributed by atoms with Crippen LogP contribution in [0.25, 0.3) is 33.8 Å². The van der Waals surface area contributed by atoms with Gasteiger partial charge in [0.25, 0.3) is 0 Å². The molecule has 9 heterocycles. The zero-order chi connectivity index (χ0) is 71.2. The van der Waals surface area contributed by atoms with E-state index in [0.29, 0.717) is 57.8 Å². The molecule has 22 heteroatoms. The standard InChI is InChI=1S/C28H29N3O3S2.C28H31N3O2S2.C27H29N3O2S2/c32-18-31(19-5-2-1-3-6-19)20-9-10-24-26(16-20)35-25-8-4-7-22(28(25)36-24)23-15-21(17-27(33)29-23)30-11-13-34-14-12-30;1-30(19-6-3-2-4-7-19)20-10-11-24-26(17-20)34-25-9-5-8-22(28(25)35-24)23-16-21(18-27(32)29-23)31-12-14-33-15-13-31;31-26-17-20(30-11-13-32-14-12-30)16-22(29-26)21-7-4-8-24-27(21)34-23-10-9-19(15-25(23)33-24)28-18-5-2-1-3-6-18/h4,7-10,15-19H,1-3,5-6,11-14H2,(H,29,33);5,8-11,16-19H,2-4,6-7,12-15H2,1H3,(H,29,32);4,7-10,15-18,28H,1-3,5-6,11-14H2,(H,29,31). The van der Waals surface area contributed by atoms with E-state index in [0.717, 1.165) is 125 Å². The van der Waals surface area contributed by atoms with Crippen molar-refractivity contribution in [1.82, 2.24) is 15.0 Å². The normalized spacial score (nSPS) is 18.1. The summed E-state index contributed by atoms with van der Waals surface area (Å²) in [7, 11) is 2.25. The Balaban J connectivity index is 0.000000121. The lowest BCUT2D eigenvalue weighted by Crippen LogP contribution is -2.36. The minimum atomic E-state index is -0.0956. The molecule has 544 valence electrons. The summed E-state index contributed by atoms with van der Waals surface area (Å²) < 4.78 is 16.5. The summed E-state index contributed by atoms with van der Waals surface area (Å²) in [6, 6.07) is 52.0. The molecule has 0 radical (unpaired) electrons. The summed E-state index contributed by atoms with van der Waals surface area (Å²) in [5, 5.41) is 3.76. The van der Waals surface area contributed by atoms with Gasteiger partial charge in [0.05, 0.1) is 56.7 Å². The number of benzene rings is 6. The van der Waals surface area contributed by atoms with Crippen molar-refractivity contribution in [3.8, 4) is 33.8 Å². The summed E-state index contributed by atoms with van der Waals surface area (Å²) in [5.41, 5.74) is 11.9. The summed E-state index contributed by atoms with van der Waals surface area (Å²) in [5.74, 6) is 0. The van der Waals surface area contributed by atoms with Crippen LogP contribution >= 0.6 is 70.6 Å². The molecule has 0 unspecified atom stereocenters. The molecule has 6 fully saturated rings. The smallest absolute Gasteiger partial charge is 0.250 e. The van der Waals surface area contributed by atoms with Gasteiger partial charge in [0.1, 0.15) is 0 Å². The number of aromatic amines is 3. The minimum absolute atomic E-state index is 0.0640. The molecule has 9 aromatic rings. The highest BCUT2D eigenvalue weighted by molar-refractivity contribution is 8.06. The number of pyridine rings is 3. The Morgan fingerprint density at radius 1 is 0.390 bits per heavy atom. The van der Waals surface area contributed by atoms with Gasteiger partial charge in [-0.2, -0.15) is 0 Å². The van der Waals surface area contributed by atoms with E-state index in [-0.39, 0.29) is 16.7 Å². The molecule has 4 N–H and O–H groups in total. The van der Waals surface area contributed by atoms with E-state index in [4.69, 9.17) is 14.2 Å². The quantitative estimate of drug-likeness (QED) is 0.0803. The number of H-pyrrole nitrogens is 3. The van der Waals surface area contributed by atoms with Gasteiger partial charge in [-0.1, -0.05) is 165 Å². The Morgan fingerprint density at radius 3 is 1.18 bits per heavy atom. The second kappa shape index (κ2) is 33.4. The Bertz CT molecular complexity index is 4800. The number of nitrogens with one attached hydrogen (secondary N) is 4. The third-order valence-corrected chi connectivity index (χ3v) is 29.2. The van der Waals surface area contributed by atoms with Crippen molar-refractivity contribution < 1.29 is 19.0 Å².